The smallest absolute Gasteiger partial charge is 0.268 e. The lowest BCUT2D eigenvalue weighted by atomic mass is 10.3. The van der Waals surface area contributed by atoms with E-state index in [1.165, 1.54) is 11.2 Å². The van der Waals surface area contributed by atoms with Crippen LogP contribution in [0.15, 0.2) is 35.5 Å². The van der Waals surface area contributed by atoms with E-state index in [1.54, 1.807) is 25.9 Å². The third-order valence-electron chi connectivity index (χ3n) is 2.49. The summed E-state index contributed by atoms with van der Waals surface area (Å²) in [5.41, 5.74) is 0. The van der Waals surface area contributed by atoms with Crippen molar-refractivity contribution in [1.82, 2.24) is 9.97 Å². The minimum atomic E-state index is 0.388. The van der Waals surface area contributed by atoms with Crippen LogP contribution in [-0.2, 0) is 0 Å². The fourth-order valence-corrected chi connectivity index (χ4v) is 1.96. The summed E-state index contributed by atoms with van der Waals surface area (Å²) in [6.07, 6.45) is 3.46. The Balaban J connectivity index is 2.26. The molecule has 0 fully saturated rings. The van der Waals surface area contributed by atoms with Gasteiger partial charge in [-0.1, -0.05) is 0 Å². The monoisotopic (exact) mass is 277 g/mol. The molecule has 0 unspecified atom stereocenters. The van der Waals surface area contributed by atoms with Gasteiger partial charge in [0.1, 0.15) is 12.1 Å². The molecule has 6 heteroatoms. The van der Waals surface area contributed by atoms with Gasteiger partial charge in [-0.3, -0.25) is 0 Å². The highest BCUT2D eigenvalue weighted by Crippen LogP contribution is 2.34. The van der Waals surface area contributed by atoms with Gasteiger partial charge < -0.3 is 14.8 Å². The zero-order valence-electron chi connectivity index (χ0n) is 11.0. The van der Waals surface area contributed by atoms with Crippen LogP contribution < -0.4 is 14.8 Å². The largest absolute Gasteiger partial charge is 0.489 e. The minimum Gasteiger partial charge on any atom is -0.489 e. The topological polar surface area (TPSA) is 56.3 Å². The summed E-state index contributed by atoms with van der Waals surface area (Å²) in [5.74, 6) is 2.17. The Hall–Kier alpha value is -1.95. The molecule has 0 aliphatic rings. The molecule has 1 N–H and O–H groups in total. The van der Waals surface area contributed by atoms with Gasteiger partial charge in [0, 0.05) is 11.9 Å². The van der Waals surface area contributed by atoms with Crippen molar-refractivity contribution in [3.8, 4) is 17.4 Å². The lowest BCUT2D eigenvalue weighted by Crippen LogP contribution is -2.00. The Morgan fingerprint density at radius 3 is 2.47 bits per heavy atom. The maximum absolute atomic E-state index is 5.72. The number of thioether (sulfide) groups is 1. The first-order valence-corrected chi connectivity index (χ1v) is 6.89. The van der Waals surface area contributed by atoms with Crippen molar-refractivity contribution in [1.29, 1.82) is 0 Å². The SMILES string of the molecule is CNc1ncnc(Oc2ccc(SC)cc2)c1OC. The van der Waals surface area contributed by atoms with Gasteiger partial charge in [-0.05, 0) is 30.5 Å². The highest BCUT2D eigenvalue weighted by Gasteiger charge is 2.13. The van der Waals surface area contributed by atoms with Crippen molar-refractivity contribution in [2.45, 2.75) is 4.90 Å². The van der Waals surface area contributed by atoms with E-state index < -0.39 is 0 Å². The van der Waals surface area contributed by atoms with Gasteiger partial charge >= 0.3 is 0 Å². The number of rotatable bonds is 5. The van der Waals surface area contributed by atoms with E-state index in [0.29, 0.717) is 23.2 Å². The number of hydrogen-bond donors (Lipinski definition) is 1. The fourth-order valence-electron chi connectivity index (χ4n) is 1.55. The Kier molecular flexibility index (Phi) is 4.46. The van der Waals surface area contributed by atoms with Crippen LogP contribution in [0.1, 0.15) is 0 Å². The fraction of sp³-hybridized carbons (Fsp3) is 0.231. The first-order valence-electron chi connectivity index (χ1n) is 5.67. The van der Waals surface area contributed by atoms with Crippen molar-refractivity contribution >= 4 is 17.6 Å². The van der Waals surface area contributed by atoms with E-state index >= 15 is 0 Å². The van der Waals surface area contributed by atoms with Gasteiger partial charge in [-0.25, -0.2) is 4.98 Å². The number of nitrogens with zero attached hydrogens (tertiary/aromatic N) is 2. The van der Waals surface area contributed by atoms with Crippen LogP contribution in [0.5, 0.6) is 17.4 Å². The van der Waals surface area contributed by atoms with Crippen LogP contribution in [0.4, 0.5) is 5.82 Å². The molecule has 0 atom stereocenters. The van der Waals surface area contributed by atoms with E-state index in [9.17, 15) is 0 Å². The Morgan fingerprint density at radius 2 is 1.89 bits per heavy atom. The summed E-state index contributed by atoms with van der Waals surface area (Å²) < 4.78 is 11.0. The second-order valence-corrected chi connectivity index (χ2v) is 4.47. The van der Waals surface area contributed by atoms with Gasteiger partial charge in [0.15, 0.2) is 5.82 Å². The first kappa shape index (κ1) is 13.5. The molecule has 0 saturated carbocycles. The molecule has 0 spiro atoms. The quantitative estimate of drug-likeness (QED) is 0.848. The average molecular weight is 277 g/mol. The molecule has 19 heavy (non-hydrogen) atoms. The lowest BCUT2D eigenvalue weighted by Gasteiger charge is -2.11. The molecule has 1 heterocycles. The van der Waals surface area contributed by atoms with Crippen LogP contribution in [0.2, 0.25) is 0 Å². The molecular formula is C13H15N3O2S. The van der Waals surface area contributed by atoms with Crippen LogP contribution in [-0.4, -0.2) is 30.4 Å². The maximum atomic E-state index is 5.72. The van der Waals surface area contributed by atoms with Crippen molar-refractivity contribution < 1.29 is 9.47 Å². The first-order chi connectivity index (χ1) is 9.28. The zero-order valence-corrected chi connectivity index (χ0v) is 11.8. The summed E-state index contributed by atoms with van der Waals surface area (Å²) in [5, 5.41) is 2.93. The predicted octanol–water partition coefficient (Wildman–Crippen LogP) is 3.04. The predicted molar refractivity (Wildman–Crippen MR) is 76.4 cm³/mol. The van der Waals surface area contributed by atoms with Gasteiger partial charge in [0.25, 0.3) is 5.88 Å². The standard InChI is InChI=1S/C13H15N3O2S/c1-14-12-11(17-2)13(16-8-15-12)18-9-4-6-10(19-3)7-5-9/h4-8H,1-3H3,(H,14,15,16). The Morgan fingerprint density at radius 1 is 1.16 bits per heavy atom. The molecule has 0 saturated heterocycles. The highest BCUT2D eigenvalue weighted by molar-refractivity contribution is 7.98. The number of ether oxygens (including phenoxy) is 2. The second-order valence-electron chi connectivity index (χ2n) is 3.59. The second kappa shape index (κ2) is 6.29. The molecule has 0 amide bonds. The van der Waals surface area contributed by atoms with Crippen LogP contribution in [0.25, 0.3) is 0 Å². The number of nitrogens with one attached hydrogen (secondary N) is 1. The molecular weight excluding hydrogens is 262 g/mol. The van der Waals surface area contributed by atoms with Crippen molar-refractivity contribution in [3.63, 3.8) is 0 Å². The van der Waals surface area contributed by atoms with Crippen LogP contribution in [0, 0.1) is 0 Å². The molecule has 5 nitrogen and oxygen atoms in total. The van der Waals surface area contributed by atoms with Gasteiger partial charge in [0.05, 0.1) is 7.11 Å². The molecule has 1 aromatic carbocycles. The van der Waals surface area contributed by atoms with Crippen molar-refractivity contribution in [2.24, 2.45) is 0 Å². The maximum Gasteiger partial charge on any atom is 0.268 e. The molecule has 2 aromatic rings. The number of methoxy groups -OCH3 is 1. The summed E-state index contributed by atoms with van der Waals surface area (Å²) in [4.78, 5) is 9.34. The number of anilines is 1. The normalized spacial score (nSPS) is 10.1. The summed E-state index contributed by atoms with van der Waals surface area (Å²) in [7, 11) is 3.32. The lowest BCUT2D eigenvalue weighted by molar-refractivity contribution is 0.369. The van der Waals surface area contributed by atoms with E-state index in [4.69, 9.17) is 9.47 Å². The summed E-state index contributed by atoms with van der Waals surface area (Å²) in [6.45, 7) is 0. The van der Waals surface area contributed by atoms with Gasteiger partial charge in [0.2, 0.25) is 5.75 Å². The van der Waals surface area contributed by atoms with Gasteiger partial charge in [-0.2, -0.15) is 4.98 Å². The molecule has 0 bridgehead atoms. The van der Waals surface area contributed by atoms with Crippen molar-refractivity contribution in [3.05, 3.63) is 30.6 Å². The Bertz CT molecular complexity index is 546. The number of benzene rings is 1. The molecule has 0 aliphatic heterocycles. The van der Waals surface area contributed by atoms with Crippen molar-refractivity contribution in [2.75, 3.05) is 25.7 Å². The van der Waals surface area contributed by atoms with E-state index in [2.05, 4.69) is 15.3 Å². The third-order valence-corrected chi connectivity index (χ3v) is 3.23. The molecule has 1 aromatic heterocycles. The van der Waals surface area contributed by atoms with E-state index in [0.717, 1.165) is 0 Å². The molecule has 0 radical (unpaired) electrons. The number of aromatic nitrogens is 2. The third kappa shape index (κ3) is 3.08. The molecule has 100 valence electrons. The van der Waals surface area contributed by atoms with Gasteiger partial charge in [-0.15, -0.1) is 11.8 Å². The summed E-state index contributed by atoms with van der Waals surface area (Å²) >= 11 is 1.68. The highest BCUT2D eigenvalue weighted by atomic mass is 32.2. The summed E-state index contributed by atoms with van der Waals surface area (Å²) in [6, 6.07) is 7.78. The molecule has 0 aliphatic carbocycles. The van der Waals surface area contributed by atoms with E-state index in [1.807, 2.05) is 30.5 Å². The van der Waals surface area contributed by atoms with Crippen LogP contribution >= 0.6 is 11.8 Å². The number of hydrogen-bond acceptors (Lipinski definition) is 6. The minimum absolute atomic E-state index is 0.388. The van der Waals surface area contributed by atoms with E-state index in [-0.39, 0.29) is 0 Å². The average Bonchev–Trinajstić information content (AvgIpc) is 2.47. The van der Waals surface area contributed by atoms with Crippen LogP contribution in [0.3, 0.4) is 0 Å². The molecule has 2 rings (SSSR count). The Labute approximate surface area is 116 Å². The zero-order chi connectivity index (χ0) is 13.7.